The lowest BCUT2D eigenvalue weighted by Crippen LogP contribution is -2.22. The summed E-state index contributed by atoms with van der Waals surface area (Å²) >= 11 is 0. The van der Waals surface area contributed by atoms with Gasteiger partial charge in [-0.15, -0.1) is 0 Å². The third kappa shape index (κ3) is 2.74. The minimum absolute atomic E-state index is 0.357. The van der Waals surface area contributed by atoms with Crippen molar-refractivity contribution in [2.45, 2.75) is 37.5 Å². The van der Waals surface area contributed by atoms with E-state index < -0.39 is 11.8 Å². The summed E-state index contributed by atoms with van der Waals surface area (Å²) < 4.78 is 34.8. The molecule has 0 unspecified atom stereocenters. The van der Waals surface area contributed by atoms with Crippen molar-refractivity contribution in [1.29, 1.82) is 0 Å². The summed E-state index contributed by atoms with van der Waals surface area (Å²) in [6.45, 7) is 0. The smallest absolute Gasteiger partial charge is 0.378 e. The third-order valence-electron chi connectivity index (χ3n) is 1.87. The molecule has 0 radical (unpaired) electrons. The lowest BCUT2D eigenvalue weighted by molar-refractivity contribution is -0.0703. The molecule has 0 aromatic heterocycles. The average molecular weight is 178 g/mol. The molecule has 1 fully saturated rings. The van der Waals surface area contributed by atoms with Crippen LogP contribution in [0.15, 0.2) is 0 Å². The zero-order valence-corrected chi connectivity index (χ0v) is 6.41. The Morgan fingerprint density at radius 2 is 1.67 bits per heavy atom. The first-order chi connectivity index (χ1) is 5.41. The quantitative estimate of drug-likeness (QED) is 0.561. The fraction of sp³-hybridized carbons (Fsp3) is 0.750. The summed E-state index contributed by atoms with van der Waals surface area (Å²) in [5, 5.41) is 9.38. The van der Waals surface area contributed by atoms with Crippen molar-refractivity contribution in [3.63, 3.8) is 0 Å². The predicted molar refractivity (Wildman–Crippen MR) is 37.2 cm³/mol. The maximum Gasteiger partial charge on any atom is 0.457 e. The lowest BCUT2D eigenvalue weighted by Gasteiger charge is -2.12. The van der Waals surface area contributed by atoms with Crippen LogP contribution in [0.3, 0.4) is 0 Å². The van der Waals surface area contributed by atoms with Gasteiger partial charge in [-0.25, -0.2) is 0 Å². The van der Waals surface area contributed by atoms with Gasteiger partial charge in [0.2, 0.25) is 0 Å². The summed E-state index contributed by atoms with van der Waals surface area (Å²) in [6.07, 6.45) is -2.27. The van der Waals surface area contributed by atoms with Crippen molar-refractivity contribution >= 4 is 0 Å². The summed E-state index contributed by atoms with van der Waals surface area (Å²) in [4.78, 5) is 0. The molecule has 12 heavy (non-hydrogen) atoms. The van der Waals surface area contributed by atoms with Crippen LogP contribution in [0.4, 0.5) is 13.2 Å². The molecule has 0 aliphatic heterocycles. The van der Waals surface area contributed by atoms with Crippen LogP contribution in [0.2, 0.25) is 0 Å². The summed E-state index contributed by atoms with van der Waals surface area (Å²) in [7, 11) is 0. The van der Waals surface area contributed by atoms with Gasteiger partial charge in [0.15, 0.2) is 0 Å². The topological polar surface area (TPSA) is 20.2 Å². The molecule has 0 atom stereocenters. The van der Waals surface area contributed by atoms with Crippen LogP contribution in [0.1, 0.15) is 25.7 Å². The fourth-order valence-corrected chi connectivity index (χ4v) is 1.27. The number of rotatable bonds is 0. The first-order valence-electron chi connectivity index (χ1n) is 3.75. The van der Waals surface area contributed by atoms with Crippen LogP contribution in [-0.2, 0) is 0 Å². The highest BCUT2D eigenvalue weighted by atomic mass is 19.4. The molecular formula is C8H9F3O. The van der Waals surface area contributed by atoms with Gasteiger partial charge in [0.05, 0.1) is 0 Å². The second-order valence-electron chi connectivity index (χ2n) is 2.99. The van der Waals surface area contributed by atoms with E-state index in [-0.39, 0.29) is 0 Å². The van der Waals surface area contributed by atoms with Gasteiger partial charge in [-0.05, 0) is 25.7 Å². The van der Waals surface area contributed by atoms with E-state index in [0.717, 1.165) is 18.8 Å². The van der Waals surface area contributed by atoms with E-state index in [1.807, 2.05) is 5.92 Å². The molecule has 1 N–H and O–H groups in total. The molecule has 1 aliphatic rings. The monoisotopic (exact) mass is 178 g/mol. The van der Waals surface area contributed by atoms with Crippen molar-refractivity contribution in [3.05, 3.63) is 0 Å². The van der Waals surface area contributed by atoms with Crippen molar-refractivity contribution < 1.29 is 18.3 Å². The molecule has 68 valence electrons. The van der Waals surface area contributed by atoms with E-state index >= 15 is 0 Å². The van der Waals surface area contributed by atoms with Crippen molar-refractivity contribution in [1.82, 2.24) is 0 Å². The third-order valence-corrected chi connectivity index (χ3v) is 1.87. The Labute approximate surface area is 68.6 Å². The van der Waals surface area contributed by atoms with Crippen LogP contribution in [-0.4, -0.2) is 16.9 Å². The van der Waals surface area contributed by atoms with E-state index in [4.69, 9.17) is 0 Å². The Bertz CT molecular complexity index is 215. The number of hydrogen-bond acceptors (Lipinski definition) is 1. The number of hydrogen-bond donors (Lipinski definition) is 1. The minimum atomic E-state index is -4.49. The van der Waals surface area contributed by atoms with Gasteiger partial charge in [0.1, 0.15) is 5.60 Å². The maximum atomic E-state index is 11.6. The second kappa shape index (κ2) is 2.98. The zero-order chi connectivity index (χ0) is 9.24. The zero-order valence-electron chi connectivity index (χ0n) is 6.41. The molecule has 1 rings (SSSR count). The highest BCUT2D eigenvalue weighted by molar-refractivity contribution is 5.18. The van der Waals surface area contributed by atoms with Crippen molar-refractivity contribution in [2.24, 2.45) is 0 Å². The SMILES string of the molecule is OC1(C#CC(F)(F)F)CCCC1. The van der Waals surface area contributed by atoms with Gasteiger partial charge in [0, 0.05) is 5.92 Å². The first-order valence-corrected chi connectivity index (χ1v) is 3.75. The normalized spacial score (nSPS) is 21.7. The van der Waals surface area contributed by atoms with Crippen LogP contribution in [0, 0.1) is 11.8 Å². The van der Waals surface area contributed by atoms with Gasteiger partial charge in [-0.3, -0.25) is 0 Å². The van der Waals surface area contributed by atoms with Gasteiger partial charge < -0.3 is 5.11 Å². The van der Waals surface area contributed by atoms with Crippen LogP contribution in [0.25, 0.3) is 0 Å². The standard InChI is InChI=1S/C8H9F3O/c9-8(10,11)6-5-7(12)3-1-2-4-7/h12H,1-4H2. The maximum absolute atomic E-state index is 11.6. The molecule has 1 nitrogen and oxygen atoms in total. The Hall–Kier alpha value is -0.690. The number of alkyl halides is 3. The largest absolute Gasteiger partial charge is 0.457 e. The molecule has 1 aliphatic carbocycles. The Morgan fingerprint density at radius 1 is 1.17 bits per heavy atom. The molecule has 0 bridgehead atoms. The summed E-state index contributed by atoms with van der Waals surface area (Å²) in [5.74, 6) is 2.98. The molecule has 0 aromatic carbocycles. The molecule has 1 saturated carbocycles. The van der Waals surface area contributed by atoms with Crippen LogP contribution < -0.4 is 0 Å². The van der Waals surface area contributed by atoms with Gasteiger partial charge in [-0.1, -0.05) is 5.92 Å². The molecule has 0 aromatic rings. The van der Waals surface area contributed by atoms with E-state index in [9.17, 15) is 18.3 Å². The summed E-state index contributed by atoms with van der Waals surface area (Å²) in [6, 6.07) is 0. The Kier molecular flexibility index (Phi) is 2.34. The van der Waals surface area contributed by atoms with Gasteiger partial charge >= 0.3 is 6.18 Å². The van der Waals surface area contributed by atoms with E-state index in [1.165, 1.54) is 0 Å². The van der Waals surface area contributed by atoms with E-state index in [2.05, 4.69) is 0 Å². The molecular weight excluding hydrogens is 169 g/mol. The van der Waals surface area contributed by atoms with E-state index in [0.29, 0.717) is 12.8 Å². The average Bonchev–Trinajstić information content (AvgIpc) is 2.32. The molecule has 0 spiro atoms. The molecule has 0 amide bonds. The molecule has 4 heteroatoms. The predicted octanol–water partition coefficient (Wildman–Crippen LogP) is 1.86. The Balaban J connectivity index is 2.63. The molecule has 0 saturated heterocycles. The first kappa shape index (κ1) is 9.40. The van der Waals surface area contributed by atoms with Crippen LogP contribution >= 0.6 is 0 Å². The lowest BCUT2D eigenvalue weighted by atomic mass is 10.0. The van der Waals surface area contributed by atoms with Crippen molar-refractivity contribution in [3.8, 4) is 11.8 Å². The number of aliphatic hydroxyl groups is 1. The molecule has 0 heterocycles. The van der Waals surface area contributed by atoms with Crippen LogP contribution in [0.5, 0.6) is 0 Å². The van der Waals surface area contributed by atoms with Gasteiger partial charge in [-0.2, -0.15) is 13.2 Å². The van der Waals surface area contributed by atoms with Gasteiger partial charge in [0.25, 0.3) is 0 Å². The highest BCUT2D eigenvalue weighted by Gasteiger charge is 2.31. The number of halogens is 3. The minimum Gasteiger partial charge on any atom is -0.378 e. The fourth-order valence-electron chi connectivity index (χ4n) is 1.27. The summed E-state index contributed by atoms with van der Waals surface area (Å²) in [5.41, 5.74) is -1.38. The Morgan fingerprint density at radius 3 is 2.08 bits per heavy atom. The van der Waals surface area contributed by atoms with Crippen molar-refractivity contribution in [2.75, 3.05) is 0 Å². The highest BCUT2D eigenvalue weighted by Crippen LogP contribution is 2.29. The second-order valence-corrected chi connectivity index (χ2v) is 2.99. The van der Waals surface area contributed by atoms with E-state index in [1.54, 1.807) is 0 Å².